The van der Waals surface area contributed by atoms with Gasteiger partial charge in [0, 0.05) is 20.0 Å². The van der Waals surface area contributed by atoms with Gasteiger partial charge in [-0.1, -0.05) is 0 Å². The molecule has 0 aromatic heterocycles. The minimum atomic E-state index is -0.745. The highest BCUT2D eigenvalue weighted by Crippen LogP contribution is 2.23. The average molecular weight is 294 g/mol. The minimum Gasteiger partial charge on any atom is -0.466 e. The van der Waals surface area contributed by atoms with Gasteiger partial charge in [0.15, 0.2) is 5.79 Å². The molecule has 120 valence electrons. The second-order valence-electron chi connectivity index (χ2n) is 4.93. The highest BCUT2D eigenvalue weighted by atomic mass is 16.7. The lowest BCUT2D eigenvalue weighted by Gasteiger charge is -2.16. The van der Waals surface area contributed by atoms with Crippen LogP contribution in [0.4, 0.5) is 0 Å². The lowest BCUT2D eigenvalue weighted by molar-refractivity contribution is -0.146. The van der Waals surface area contributed by atoms with Crippen LogP contribution in [0.15, 0.2) is 0 Å². The summed E-state index contributed by atoms with van der Waals surface area (Å²) in [5.41, 5.74) is 0. The van der Waals surface area contributed by atoms with Crippen molar-refractivity contribution in [1.29, 1.82) is 0 Å². The van der Waals surface area contributed by atoms with Crippen LogP contribution < -0.4 is 0 Å². The van der Waals surface area contributed by atoms with Crippen molar-refractivity contribution in [1.82, 2.24) is 0 Å². The van der Waals surface area contributed by atoms with Crippen LogP contribution >= 0.6 is 0 Å². The second-order valence-corrected chi connectivity index (χ2v) is 4.93. The van der Waals surface area contributed by atoms with E-state index in [0.717, 1.165) is 0 Å². The van der Waals surface area contributed by atoms with Crippen LogP contribution in [0.3, 0.4) is 0 Å². The van der Waals surface area contributed by atoms with E-state index >= 15 is 0 Å². The average Bonchev–Trinajstić information content (AvgIpc) is 2.69. The molecular weight excluding hydrogens is 268 g/mol. The largest absolute Gasteiger partial charge is 0.466 e. The number of hydrogen-bond donors (Lipinski definition) is 3. The van der Waals surface area contributed by atoms with Gasteiger partial charge in [0.2, 0.25) is 0 Å². The highest BCUT2D eigenvalue weighted by Gasteiger charge is 2.32. The zero-order valence-electron chi connectivity index (χ0n) is 12.4. The Kier molecular flexibility index (Phi) is 9.70. The van der Waals surface area contributed by atoms with Crippen molar-refractivity contribution >= 4 is 5.97 Å². The molecule has 0 bridgehead atoms. The van der Waals surface area contributed by atoms with E-state index in [1.165, 1.54) is 6.92 Å². The quantitative estimate of drug-likeness (QED) is 0.583. The van der Waals surface area contributed by atoms with E-state index < -0.39 is 11.9 Å². The van der Waals surface area contributed by atoms with E-state index in [2.05, 4.69) is 0 Å². The predicted octanol–water partition coefficient (Wildman–Crippen LogP) is -0.187. The molecule has 1 rings (SSSR count). The Morgan fingerprint density at radius 2 is 2.10 bits per heavy atom. The number of aliphatic hydroxyl groups excluding tert-OH is 3. The maximum absolute atomic E-state index is 10.5. The number of ether oxygens (including phenoxy) is 3. The summed E-state index contributed by atoms with van der Waals surface area (Å²) < 4.78 is 15.7. The Balaban J connectivity index is 0.000000441. The van der Waals surface area contributed by atoms with Crippen molar-refractivity contribution in [3.8, 4) is 0 Å². The summed E-state index contributed by atoms with van der Waals surface area (Å²) in [6, 6.07) is 0. The van der Waals surface area contributed by atoms with Crippen LogP contribution in [-0.4, -0.2) is 65.7 Å². The number of rotatable bonds is 6. The van der Waals surface area contributed by atoms with Crippen LogP contribution in [-0.2, 0) is 19.0 Å². The number of aliphatic hydroxyl groups is 3. The molecule has 1 unspecified atom stereocenters. The zero-order chi connectivity index (χ0) is 15.6. The molecule has 0 aromatic carbocycles. The molecule has 0 saturated carbocycles. The molecule has 3 N–H and O–H groups in total. The minimum absolute atomic E-state index is 0.0503. The number of carbonyl (C=O) groups is 1. The highest BCUT2D eigenvalue weighted by molar-refractivity contribution is 5.65. The van der Waals surface area contributed by atoms with Crippen molar-refractivity contribution in [3.05, 3.63) is 0 Å². The Labute approximate surface area is 119 Å². The maximum Gasteiger partial charge on any atom is 0.302 e. The van der Waals surface area contributed by atoms with Gasteiger partial charge in [0.1, 0.15) is 0 Å². The van der Waals surface area contributed by atoms with Crippen LogP contribution in [0.2, 0.25) is 0 Å². The third-order valence-corrected chi connectivity index (χ3v) is 2.49. The van der Waals surface area contributed by atoms with E-state index in [1.54, 1.807) is 0 Å². The van der Waals surface area contributed by atoms with E-state index in [1.807, 2.05) is 13.8 Å². The fourth-order valence-corrected chi connectivity index (χ4v) is 1.48. The van der Waals surface area contributed by atoms with Crippen molar-refractivity contribution in [2.45, 2.75) is 51.6 Å². The third-order valence-electron chi connectivity index (χ3n) is 2.49. The van der Waals surface area contributed by atoms with Gasteiger partial charge in [-0.25, -0.2) is 0 Å². The van der Waals surface area contributed by atoms with Crippen LogP contribution in [0.5, 0.6) is 0 Å². The Morgan fingerprint density at radius 1 is 1.45 bits per heavy atom. The van der Waals surface area contributed by atoms with Gasteiger partial charge in [0.25, 0.3) is 0 Å². The molecule has 0 aromatic rings. The van der Waals surface area contributed by atoms with Gasteiger partial charge in [-0.2, -0.15) is 0 Å². The SMILES string of the molecule is CC(=O)OCCC1COC(C)(C)O1.OCC[C@H](O)CO. The first kappa shape index (κ1) is 19.3. The first-order chi connectivity index (χ1) is 9.30. The summed E-state index contributed by atoms with van der Waals surface area (Å²) in [6.07, 6.45) is 0.263. The van der Waals surface area contributed by atoms with E-state index in [4.69, 9.17) is 29.5 Å². The van der Waals surface area contributed by atoms with Crippen LogP contribution in [0.1, 0.15) is 33.6 Å². The maximum atomic E-state index is 10.5. The molecule has 7 nitrogen and oxygen atoms in total. The number of esters is 1. The lowest BCUT2D eigenvalue weighted by Crippen LogP contribution is -2.22. The van der Waals surface area contributed by atoms with Crippen molar-refractivity contribution in [2.24, 2.45) is 0 Å². The summed E-state index contributed by atoms with van der Waals surface area (Å²) in [5.74, 6) is -0.737. The molecule has 0 amide bonds. The molecule has 1 fully saturated rings. The van der Waals surface area contributed by atoms with Crippen molar-refractivity contribution < 1.29 is 34.3 Å². The predicted molar refractivity (Wildman–Crippen MR) is 70.9 cm³/mol. The molecule has 1 heterocycles. The fraction of sp³-hybridized carbons (Fsp3) is 0.923. The molecule has 20 heavy (non-hydrogen) atoms. The van der Waals surface area contributed by atoms with Crippen molar-refractivity contribution in [3.63, 3.8) is 0 Å². The standard InChI is InChI=1S/C9H16O4.C4H10O3/c1-7(10)11-5-4-8-6-12-9(2,3)13-8;5-2-1-4(7)3-6/h8H,4-6H2,1-3H3;4-7H,1-3H2/t;4-/m.0/s1. The molecule has 1 aliphatic rings. The van der Waals surface area contributed by atoms with Crippen LogP contribution in [0.25, 0.3) is 0 Å². The van der Waals surface area contributed by atoms with Gasteiger partial charge in [-0.15, -0.1) is 0 Å². The third kappa shape index (κ3) is 10.1. The van der Waals surface area contributed by atoms with Gasteiger partial charge in [0.05, 0.1) is 32.0 Å². The second kappa shape index (κ2) is 10.1. The summed E-state index contributed by atoms with van der Waals surface area (Å²) in [6.45, 7) is 5.80. The molecule has 1 aliphatic heterocycles. The summed E-state index contributed by atoms with van der Waals surface area (Å²) in [4.78, 5) is 10.5. The topological polar surface area (TPSA) is 105 Å². The Morgan fingerprint density at radius 3 is 2.45 bits per heavy atom. The lowest BCUT2D eigenvalue weighted by atomic mass is 10.3. The summed E-state index contributed by atoms with van der Waals surface area (Å²) in [5, 5.41) is 24.6. The Hall–Kier alpha value is -0.730. The van der Waals surface area contributed by atoms with Crippen LogP contribution in [0, 0.1) is 0 Å². The molecular formula is C13H26O7. The fourth-order valence-electron chi connectivity index (χ4n) is 1.48. The summed E-state index contributed by atoms with van der Waals surface area (Å²) >= 11 is 0. The molecule has 2 atom stereocenters. The normalized spacial score (nSPS) is 21.8. The molecule has 1 saturated heterocycles. The number of hydrogen-bond acceptors (Lipinski definition) is 7. The first-order valence-corrected chi connectivity index (χ1v) is 6.65. The van der Waals surface area contributed by atoms with Gasteiger partial charge in [-0.3, -0.25) is 4.79 Å². The first-order valence-electron chi connectivity index (χ1n) is 6.65. The van der Waals surface area contributed by atoms with Gasteiger partial charge < -0.3 is 29.5 Å². The molecule has 0 spiro atoms. The molecule has 0 radical (unpaired) electrons. The summed E-state index contributed by atoms with van der Waals surface area (Å²) in [7, 11) is 0. The van der Waals surface area contributed by atoms with E-state index in [0.29, 0.717) is 19.6 Å². The van der Waals surface area contributed by atoms with Gasteiger partial charge >= 0.3 is 5.97 Å². The zero-order valence-corrected chi connectivity index (χ0v) is 12.4. The monoisotopic (exact) mass is 294 g/mol. The molecule has 7 heteroatoms. The van der Waals surface area contributed by atoms with Gasteiger partial charge in [-0.05, 0) is 20.3 Å². The van der Waals surface area contributed by atoms with E-state index in [9.17, 15) is 4.79 Å². The smallest absolute Gasteiger partial charge is 0.302 e. The Bertz CT molecular complexity index is 267. The van der Waals surface area contributed by atoms with E-state index in [-0.39, 0.29) is 31.7 Å². The van der Waals surface area contributed by atoms with Crippen molar-refractivity contribution in [2.75, 3.05) is 26.4 Å². The molecule has 0 aliphatic carbocycles. The number of carbonyl (C=O) groups excluding carboxylic acids is 1.